The average molecular weight is 681 g/mol. The number of carboxylic acid groups (broad SMARTS) is 1. The summed E-state index contributed by atoms with van der Waals surface area (Å²) in [5, 5.41) is 13.0. The fraction of sp³-hybridized carbons (Fsp3) is 0.881. The van der Waals surface area contributed by atoms with Gasteiger partial charge in [0.25, 0.3) is 0 Å². The molecule has 7 heteroatoms. The monoisotopic (exact) mass is 681 g/mol. The minimum Gasteiger partial charge on any atom is -0.481 e. The number of hydrogen-bond acceptors (Lipinski definition) is 5. The van der Waals surface area contributed by atoms with Crippen molar-refractivity contribution in [2.45, 2.75) is 163 Å². The zero-order valence-corrected chi connectivity index (χ0v) is 32.0. The Balaban J connectivity index is 1.25. The third kappa shape index (κ3) is 6.02. The molecule has 0 heterocycles. The van der Waals surface area contributed by atoms with Crippen LogP contribution in [0.5, 0.6) is 0 Å². The van der Waals surface area contributed by atoms with E-state index in [-0.39, 0.29) is 52.2 Å². The van der Waals surface area contributed by atoms with Crippen molar-refractivity contribution in [3.63, 3.8) is 0 Å². The second-order valence-corrected chi connectivity index (χ2v) is 20.2. The van der Waals surface area contributed by atoms with Crippen molar-refractivity contribution in [3.05, 3.63) is 12.2 Å². The van der Waals surface area contributed by atoms with E-state index < -0.39 is 17.4 Å². The van der Waals surface area contributed by atoms with Crippen molar-refractivity contribution in [2.75, 3.05) is 0 Å². The van der Waals surface area contributed by atoms with Gasteiger partial charge >= 0.3 is 11.9 Å². The Kier molecular flexibility index (Phi) is 9.53. The summed E-state index contributed by atoms with van der Waals surface area (Å²) in [6.45, 7) is 22.4. The van der Waals surface area contributed by atoms with Crippen molar-refractivity contribution in [2.24, 2.45) is 74.2 Å². The Morgan fingerprint density at radius 3 is 2.27 bits per heavy atom. The first kappa shape index (κ1) is 36.9. The number of hydrogen-bond donors (Lipinski definition) is 3. The van der Waals surface area contributed by atoms with Crippen molar-refractivity contribution < 1.29 is 24.2 Å². The van der Waals surface area contributed by atoms with Crippen molar-refractivity contribution in [1.29, 1.82) is 0 Å². The van der Waals surface area contributed by atoms with Gasteiger partial charge < -0.3 is 20.9 Å². The van der Waals surface area contributed by atoms with Crippen LogP contribution in [-0.4, -0.2) is 41.1 Å². The molecular weight excluding hydrogens is 612 g/mol. The SMILES string of the molecule is C=C(C)[C@@H]1CCC2[C@@H](CC(=O)N[C@@H]3CC[C@@H](N)C3)C[C@]3(C)[C@H](CC[C@@H]4[C@@]5(C)CC[C@H](OC(=O)CC(C)(C)C(=O)O)C(C)(C)[C@@H]5CC[C@]43C)[C@H]21. The van der Waals surface area contributed by atoms with Crippen LogP contribution in [0.1, 0.15) is 145 Å². The second kappa shape index (κ2) is 12.7. The van der Waals surface area contributed by atoms with Crippen LogP contribution < -0.4 is 11.1 Å². The lowest BCUT2D eigenvalue weighted by atomic mass is 9.32. The fourth-order valence-electron chi connectivity index (χ4n) is 14.1. The maximum atomic E-state index is 13.7. The first-order valence-corrected chi connectivity index (χ1v) is 19.9. The van der Waals surface area contributed by atoms with E-state index in [2.05, 4.69) is 53.4 Å². The highest BCUT2D eigenvalue weighted by Gasteiger charge is 2.70. The van der Waals surface area contributed by atoms with Gasteiger partial charge in [-0.05, 0) is 155 Å². The minimum atomic E-state index is -1.14. The molecule has 0 aromatic carbocycles. The normalized spacial score (nSPS) is 45.7. The number of rotatable bonds is 8. The fourth-order valence-corrected chi connectivity index (χ4v) is 14.1. The van der Waals surface area contributed by atoms with Gasteiger partial charge in [-0.25, -0.2) is 0 Å². The standard InChI is InChI=1S/C42H68N2O5/c1-24(2)28-12-13-29-25(20-34(45)44-27-11-10-26(43)21-27)22-42(9)30(36(28)29)14-15-32-40(7)18-17-33(49-35(46)23-38(3,4)37(47)48)39(5,6)31(40)16-19-41(32,42)8/h25-33,36H,1,10-23,43H2,2-9H3,(H,44,45)(H,47,48)/t25-,26+,27+,28-,29?,30+,31-,32+,33-,36-,40-,41+,42+/m0/s1. The number of carboxylic acids is 1. The summed E-state index contributed by atoms with van der Waals surface area (Å²) in [5.74, 6) is 2.66. The number of allylic oxidation sites excluding steroid dienone is 1. The highest BCUT2D eigenvalue weighted by molar-refractivity contribution is 5.81. The number of nitrogens with one attached hydrogen (secondary N) is 1. The molecule has 276 valence electrons. The quantitative estimate of drug-likeness (QED) is 0.175. The van der Waals surface area contributed by atoms with E-state index in [0.717, 1.165) is 51.4 Å². The smallest absolute Gasteiger partial charge is 0.309 e. The van der Waals surface area contributed by atoms with E-state index >= 15 is 0 Å². The van der Waals surface area contributed by atoms with Crippen LogP contribution in [0.4, 0.5) is 0 Å². The van der Waals surface area contributed by atoms with Crippen LogP contribution in [-0.2, 0) is 19.1 Å². The summed E-state index contributed by atoms with van der Waals surface area (Å²) in [6, 6.07) is 0.437. The third-order valence-electron chi connectivity index (χ3n) is 16.8. The predicted molar refractivity (Wildman–Crippen MR) is 193 cm³/mol. The molecule has 6 saturated carbocycles. The van der Waals surface area contributed by atoms with Crippen molar-refractivity contribution in [3.8, 4) is 0 Å². The van der Waals surface area contributed by atoms with Crippen LogP contribution in [0.15, 0.2) is 12.2 Å². The molecule has 6 rings (SSSR count). The molecule has 4 N–H and O–H groups in total. The number of ether oxygens (including phenoxy) is 1. The molecule has 0 bridgehead atoms. The summed E-state index contributed by atoms with van der Waals surface area (Å²) in [7, 11) is 0. The molecule has 0 aliphatic heterocycles. The lowest BCUT2D eigenvalue weighted by molar-refractivity contribution is -0.249. The van der Waals surface area contributed by atoms with Gasteiger partial charge in [0.1, 0.15) is 6.10 Å². The zero-order valence-electron chi connectivity index (χ0n) is 32.0. The second-order valence-electron chi connectivity index (χ2n) is 20.2. The molecule has 1 amide bonds. The summed E-state index contributed by atoms with van der Waals surface area (Å²) >= 11 is 0. The first-order chi connectivity index (χ1) is 22.7. The van der Waals surface area contributed by atoms with Gasteiger partial charge in [0.15, 0.2) is 0 Å². The molecule has 13 atom stereocenters. The maximum absolute atomic E-state index is 13.7. The van der Waals surface area contributed by atoms with E-state index in [4.69, 9.17) is 10.5 Å². The van der Waals surface area contributed by atoms with Crippen LogP contribution in [0.25, 0.3) is 0 Å². The number of amides is 1. The Hall–Kier alpha value is -1.89. The van der Waals surface area contributed by atoms with E-state index in [9.17, 15) is 19.5 Å². The Bertz CT molecular complexity index is 1340. The average Bonchev–Trinajstić information content (AvgIpc) is 3.61. The Labute approximate surface area is 296 Å². The van der Waals surface area contributed by atoms with Gasteiger partial charge in [0, 0.05) is 23.9 Å². The summed E-state index contributed by atoms with van der Waals surface area (Å²) < 4.78 is 6.18. The molecule has 7 nitrogen and oxygen atoms in total. The number of aliphatic carboxylic acids is 1. The number of fused-ring (bicyclic) bond motifs is 7. The molecule has 6 aliphatic rings. The molecule has 0 aromatic rings. The van der Waals surface area contributed by atoms with E-state index in [1.165, 1.54) is 31.3 Å². The maximum Gasteiger partial charge on any atom is 0.309 e. The number of esters is 1. The van der Waals surface area contributed by atoms with E-state index in [1.54, 1.807) is 13.8 Å². The highest BCUT2D eigenvalue weighted by atomic mass is 16.5. The van der Waals surface area contributed by atoms with Gasteiger partial charge in [-0.1, -0.05) is 46.8 Å². The van der Waals surface area contributed by atoms with E-state index in [0.29, 0.717) is 47.8 Å². The molecule has 0 radical (unpaired) electrons. The molecule has 1 unspecified atom stereocenters. The van der Waals surface area contributed by atoms with Gasteiger partial charge in [0.2, 0.25) is 5.91 Å². The molecule has 0 aromatic heterocycles. The van der Waals surface area contributed by atoms with Gasteiger partial charge in [-0.2, -0.15) is 0 Å². The van der Waals surface area contributed by atoms with Gasteiger partial charge in [-0.15, -0.1) is 0 Å². The highest BCUT2D eigenvalue weighted by Crippen LogP contribution is 2.77. The molecule has 6 aliphatic carbocycles. The first-order valence-electron chi connectivity index (χ1n) is 19.9. The van der Waals surface area contributed by atoms with Crippen molar-refractivity contribution in [1.82, 2.24) is 5.32 Å². The van der Waals surface area contributed by atoms with Crippen LogP contribution in [0, 0.1) is 68.5 Å². The molecule has 0 saturated heterocycles. The topological polar surface area (TPSA) is 119 Å². The lowest BCUT2D eigenvalue weighted by Gasteiger charge is -2.73. The van der Waals surface area contributed by atoms with Gasteiger partial charge in [-0.3, -0.25) is 14.4 Å². The minimum absolute atomic E-state index is 0.113. The molecule has 0 spiro atoms. The molecule has 6 fully saturated rings. The van der Waals surface area contributed by atoms with Crippen molar-refractivity contribution >= 4 is 17.8 Å². The Morgan fingerprint density at radius 2 is 1.63 bits per heavy atom. The Morgan fingerprint density at radius 1 is 0.918 bits per heavy atom. The predicted octanol–water partition coefficient (Wildman–Crippen LogP) is 8.30. The number of carbonyl (C=O) groups excluding carboxylic acids is 2. The summed E-state index contributed by atoms with van der Waals surface area (Å²) in [5.41, 5.74) is 6.62. The van der Waals surface area contributed by atoms with Gasteiger partial charge in [0.05, 0.1) is 11.8 Å². The third-order valence-corrected chi connectivity index (χ3v) is 16.8. The summed E-state index contributed by atoms with van der Waals surface area (Å²) in [4.78, 5) is 38.5. The molecule has 49 heavy (non-hydrogen) atoms. The number of carbonyl (C=O) groups is 3. The van der Waals surface area contributed by atoms with Crippen LogP contribution in [0.3, 0.4) is 0 Å². The largest absolute Gasteiger partial charge is 0.481 e. The lowest BCUT2D eigenvalue weighted by Crippen LogP contribution is -2.66. The van der Waals surface area contributed by atoms with Crippen LogP contribution >= 0.6 is 0 Å². The van der Waals surface area contributed by atoms with Crippen LogP contribution in [0.2, 0.25) is 0 Å². The molecular formula is C42H68N2O5. The number of nitrogens with two attached hydrogens (primary N) is 1. The van der Waals surface area contributed by atoms with E-state index in [1.807, 2.05) is 0 Å². The zero-order chi connectivity index (χ0) is 35.9. The summed E-state index contributed by atoms with van der Waals surface area (Å²) in [6.07, 6.45) is 13.4.